The van der Waals surface area contributed by atoms with Crippen LogP contribution < -0.4 is 0 Å². The van der Waals surface area contributed by atoms with Crippen LogP contribution in [0.1, 0.15) is 12.5 Å². The number of rotatable bonds is 6. The van der Waals surface area contributed by atoms with Crippen LogP contribution in [0.25, 0.3) is 6.08 Å². The zero-order valence-electron chi connectivity index (χ0n) is 11.9. The van der Waals surface area contributed by atoms with Gasteiger partial charge in [0, 0.05) is 29.8 Å². The summed E-state index contributed by atoms with van der Waals surface area (Å²) in [6.07, 6.45) is 0.617. The number of nitriles is 1. The van der Waals surface area contributed by atoms with E-state index in [-0.39, 0.29) is 28.5 Å². The highest BCUT2D eigenvalue weighted by Gasteiger charge is 2.16. The molecule has 0 spiro atoms. The predicted molar refractivity (Wildman–Crippen MR) is 79.1 cm³/mol. The first kappa shape index (κ1) is 17.6. The molecule has 0 bridgehead atoms. The molecule has 1 rings (SSSR count). The van der Waals surface area contributed by atoms with E-state index < -0.39 is 17.0 Å². The molecular weight excluding hydrogens is 312 g/mol. The molecule has 0 amide bonds. The van der Waals surface area contributed by atoms with Gasteiger partial charge in [0.15, 0.2) is 0 Å². The molecule has 0 radical (unpaired) electrons. The third kappa shape index (κ3) is 4.84. The molecule has 1 aromatic carbocycles. The summed E-state index contributed by atoms with van der Waals surface area (Å²) in [6.45, 7) is 1.79. The fourth-order valence-electron chi connectivity index (χ4n) is 1.56. The second kappa shape index (κ2) is 8.12. The van der Waals surface area contributed by atoms with Gasteiger partial charge in [-0.2, -0.15) is 5.26 Å². The summed E-state index contributed by atoms with van der Waals surface area (Å²) in [7, 11) is 1.45. The van der Waals surface area contributed by atoms with Crippen LogP contribution in [0.2, 0.25) is 5.02 Å². The van der Waals surface area contributed by atoms with Gasteiger partial charge in [-0.3, -0.25) is 10.1 Å². The molecule has 0 saturated carbocycles. The highest BCUT2D eigenvalue weighted by molar-refractivity contribution is 6.32. The first-order valence-electron chi connectivity index (χ1n) is 6.14. The monoisotopic (exact) mass is 324 g/mol. The Balaban J connectivity index is 3.07. The van der Waals surface area contributed by atoms with Crippen molar-refractivity contribution in [2.75, 3.05) is 13.7 Å². The second-order valence-electron chi connectivity index (χ2n) is 4.30. The number of esters is 1. The van der Waals surface area contributed by atoms with Crippen molar-refractivity contribution >= 4 is 29.3 Å². The molecule has 0 aliphatic heterocycles. The molecule has 1 aromatic rings. The van der Waals surface area contributed by atoms with E-state index in [0.717, 1.165) is 6.08 Å². The van der Waals surface area contributed by atoms with Gasteiger partial charge in [0.2, 0.25) is 0 Å². The molecule has 0 aromatic heterocycles. The number of halogens is 1. The van der Waals surface area contributed by atoms with Gasteiger partial charge in [-0.05, 0) is 19.1 Å². The molecule has 1 atom stereocenters. The fraction of sp³-hybridized carbons (Fsp3) is 0.286. The summed E-state index contributed by atoms with van der Waals surface area (Å²) in [5.41, 5.74) is -0.330. The van der Waals surface area contributed by atoms with Gasteiger partial charge in [0.25, 0.3) is 5.69 Å². The number of carbonyl (C=O) groups excluding carboxylic acids is 1. The van der Waals surface area contributed by atoms with Crippen LogP contribution >= 0.6 is 11.6 Å². The topological polar surface area (TPSA) is 102 Å². The molecule has 0 heterocycles. The molecule has 0 saturated heterocycles. The zero-order chi connectivity index (χ0) is 16.7. The lowest BCUT2D eigenvalue weighted by molar-refractivity contribution is -0.384. The Labute approximate surface area is 131 Å². The van der Waals surface area contributed by atoms with Gasteiger partial charge in [-0.1, -0.05) is 11.6 Å². The molecular formula is C14H13ClN2O5. The standard InChI is InChI=1S/C14H13ClN2O5/c1-9(8-21-2)22-14(18)11(7-16)5-10-6-12(17(19)20)3-4-13(10)15/h3-6,9H,8H2,1-2H3/b11-5+/t9-/m0/s1. The highest BCUT2D eigenvalue weighted by atomic mass is 35.5. The Morgan fingerprint density at radius 3 is 2.82 bits per heavy atom. The van der Waals surface area contributed by atoms with Gasteiger partial charge >= 0.3 is 5.97 Å². The first-order chi connectivity index (χ1) is 10.4. The molecule has 0 aliphatic carbocycles. The van der Waals surface area contributed by atoms with Gasteiger partial charge < -0.3 is 9.47 Å². The van der Waals surface area contributed by atoms with Gasteiger partial charge in [0.1, 0.15) is 17.7 Å². The largest absolute Gasteiger partial charge is 0.456 e. The van der Waals surface area contributed by atoms with Crippen LogP contribution in [0, 0.1) is 21.4 Å². The van der Waals surface area contributed by atoms with Gasteiger partial charge in [-0.15, -0.1) is 0 Å². The van der Waals surface area contributed by atoms with Crippen molar-refractivity contribution in [3.63, 3.8) is 0 Å². The summed E-state index contributed by atoms with van der Waals surface area (Å²) < 4.78 is 9.82. The first-order valence-corrected chi connectivity index (χ1v) is 6.52. The van der Waals surface area contributed by atoms with E-state index in [0.29, 0.717) is 0 Å². The third-order valence-corrected chi connectivity index (χ3v) is 2.88. The highest BCUT2D eigenvalue weighted by Crippen LogP contribution is 2.24. The summed E-state index contributed by atoms with van der Waals surface area (Å²) in [5.74, 6) is -0.852. The van der Waals surface area contributed by atoms with Crippen LogP contribution in [-0.4, -0.2) is 30.7 Å². The summed E-state index contributed by atoms with van der Waals surface area (Å²) >= 11 is 5.91. The maximum absolute atomic E-state index is 11.8. The third-order valence-electron chi connectivity index (χ3n) is 2.54. The van der Waals surface area contributed by atoms with Crippen molar-refractivity contribution in [1.82, 2.24) is 0 Å². The van der Waals surface area contributed by atoms with Gasteiger partial charge in [0.05, 0.1) is 11.5 Å². The quantitative estimate of drug-likeness (QED) is 0.262. The zero-order valence-corrected chi connectivity index (χ0v) is 12.7. The molecule has 0 fully saturated rings. The lowest BCUT2D eigenvalue weighted by Crippen LogP contribution is -2.20. The average molecular weight is 325 g/mol. The number of ether oxygens (including phenoxy) is 2. The smallest absolute Gasteiger partial charge is 0.349 e. The number of carbonyl (C=O) groups is 1. The molecule has 8 heteroatoms. The average Bonchev–Trinajstić information content (AvgIpc) is 2.46. The molecule has 116 valence electrons. The maximum atomic E-state index is 11.8. The maximum Gasteiger partial charge on any atom is 0.349 e. The minimum Gasteiger partial charge on any atom is -0.456 e. The van der Waals surface area contributed by atoms with Crippen LogP contribution in [0.3, 0.4) is 0 Å². The van der Waals surface area contributed by atoms with E-state index in [1.807, 2.05) is 0 Å². The van der Waals surface area contributed by atoms with Crippen molar-refractivity contribution in [1.29, 1.82) is 5.26 Å². The Morgan fingerprint density at radius 2 is 2.27 bits per heavy atom. The van der Waals surface area contributed by atoms with Crippen molar-refractivity contribution in [2.45, 2.75) is 13.0 Å². The number of benzene rings is 1. The predicted octanol–water partition coefficient (Wildman–Crippen LogP) is 2.73. The molecule has 0 unspecified atom stereocenters. The molecule has 22 heavy (non-hydrogen) atoms. The SMILES string of the molecule is COC[C@H](C)OC(=O)/C(C#N)=C/c1cc([N+](=O)[O-])ccc1Cl. The van der Waals surface area contributed by atoms with Crippen molar-refractivity contribution in [2.24, 2.45) is 0 Å². The number of hydrogen-bond donors (Lipinski definition) is 0. The summed E-state index contributed by atoms with van der Waals surface area (Å²) in [6, 6.07) is 5.41. The van der Waals surface area contributed by atoms with Crippen molar-refractivity contribution in [3.05, 3.63) is 44.5 Å². The number of non-ortho nitro benzene ring substituents is 1. The van der Waals surface area contributed by atoms with Crippen LogP contribution in [0.15, 0.2) is 23.8 Å². The lowest BCUT2D eigenvalue weighted by Gasteiger charge is -2.11. The Bertz CT molecular complexity index is 651. The van der Waals surface area contributed by atoms with E-state index >= 15 is 0 Å². The number of nitrogens with zero attached hydrogens (tertiary/aromatic N) is 2. The van der Waals surface area contributed by atoms with Crippen LogP contribution in [0.5, 0.6) is 0 Å². The Morgan fingerprint density at radius 1 is 1.59 bits per heavy atom. The van der Waals surface area contributed by atoms with E-state index in [1.54, 1.807) is 13.0 Å². The normalized spacial score (nSPS) is 12.4. The molecule has 0 aliphatic rings. The Kier molecular flexibility index (Phi) is 6.50. The van der Waals surface area contributed by atoms with Crippen LogP contribution in [-0.2, 0) is 14.3 Å². The summed E-state index contributed by atoms with van der Waals surface area (Å²) in [5, 5.41) is 20.0. The van der Waals surface area contributed by atoms with Crippen molar-refractivity contribution < 1.29 is 19.2 Å². The number of hydrogen-bond acceptors (Lipinski definition) is 6. The number of nitro groups is 1. The minimum absolute atomic E-state index is 0.177. The number of methoxy groups -OCH3 is 1. The van der Waals surface area contributed by atoms with E-state index in [1.165, 1.54) is 25.3 Å². The number of nitro benzene ring substituents is 1. The molecule has 7 nitrogen and oxygen atoms in total. The second-order valence-corrected chi connectivity index (χ2v) is 4.71. The van der Waals surface area contributed by atoms with Crippen molar-refractivity contribution in [3.8, 4) is 6.07 Å². The summed E-state index contributed by atoms with van der Waals surface area (Å²) in [4.78, 5) is 22.0. The fourth-order valence-corrected chi connectivity index (χ4v) is 1.73. The lowest BCUT2D eigenvalue weighted by atomic mass is 10.1. The van der Waals surface area contributed by atoms with E-state index in [4.69, 9.17) is 26.3 Å². The minimum atomic E-state index is -0.852. The Hall–Kier alpha value is -2.43. The van der Waals surface area contributed by atoms with Crippen LogP contribution in [0.4, 0.5) is 5.69 Å². The van der Waals surface area contributed by atoms with E-state index in [9.17, 15) is 14.9 Å². The van der Waals surface area contributed by atoms with E-state index in [2.05, 4.69) is 0 Å². The molecule has 0 N–H and O–H groups in total. The van der Waals surface area contributed by atoms with Gasteiger partial charge in [-0.25, -0.2) is 4.79 Å².